The molecule has 0 bridgehead atoms. The van der Waals surface area contributed by atoms with Crippen LogP contribution in [0.1, 0.15) is 43.5 Å². The van der Waals surface area contributed by atoms with E-state index in [0.29, 0.717) is 37.5 Å². The van der Waals surface area contributed by atoms with Gasteiger partial charge in [0.05, 0.1) is 31.1 Å². The number of unbranched alkanes of at least 4 members (excludes halogenated alkanes) is 1. The number of anilines is 2. The maximum Gasteiger partial charge on any atom is 0.340 e. The van der Waals surface area contributed by atoms with E-state index in [-0.39, 0.29) is 11.9 Å². The smallest absolute Gasteiger partial charge is 0.340 e. The van der Waals surface area contributed by atoms with Crippen LogP contribution in [0.2, 0.25) is 0 Å². The Labute approximate surface area is 143 Å². The minimum absolute atomic E-state index is 0.0363. The van der Waals surface area contributed by atoms with Crippen molar-refractivity contribution in [2.75, 3.05) is 43.1 Å². The summed E-state index contributed by atoms with van der Waals surface area (Å²) in [4.78, 5) is 26.3. The van der Waals surface area contributed by atoms with Gasteiger partial charge in [0.1, 0.15) is 0 Å². The topological polar surface area (TPSA) is 67.9 Å². The van der Waals surface area contributed by atoms with Crippen LogP contribution in [0.5, 0.6) is 0 Å². The normalized spacial score (nSPS) is 14.3. The van der Waals surface area contributed by atoms with Gasteiger partial charge in [0, 0.05) is 25.2 Å². The van der Waals surface area contributed by atoms with Gasteiger partial charge in [-0.2, -0.15) is 0 Å². The molecule has 0 aromatic heterocycles. The molecule has 1 heterocycles. The summed E-state index contributed by atoms with van der Waals surface area (Å²) in [5.74, 6) is -0.408. The van der Waals surface area contributed by atoms with Gasteiger partial charge in [0.2, 0.25) is 5.91 Å². The Kier molecular flexibility index (Phi) is 7.06. The molecule has 24 heavy (non-hydrogen) atoms. The Morgan fingerprint density at radius 3 is 2.67 bits per heavy atom. The molecule has 1 fully saturated rings. The average Bonchev–Trinajstić information content (AvgIpc) is 2.61. The van der Waals surface area contributed by atoms with Gasteiger partial charge in [-0.1, -0.05) is 13.3 Å². The number of carbonyl (C=O) groups excluding carboxylic acids is 2. The summed E-state index contributed by atoms with van der Waals surface area (Å²) in [5.41, 5.74) is 1.92. The molecule has 0 radical (unpaired) electrons. The van der Waals surface area contributed by atoms with E-state index >= 15 is 0 Å². The first-order valence-corrected chi connectivity index (χ1v) is 8.59. The average molecular weight is 334 g/mol. The van der Waals surface area contributed by atoms with E-state index in [2.05, 4.69) is 10.2 Å². The zero-order valence-electron chi connectivity index (χ0n) is 14.5. The van der Waals surface area contributed by atoms with Crippen LogP contribution in [-0.4, -0.2) is 44.8 Å². The zero-order chi connectivity index (χ0) is 17.4. The number of hydrogen-bond acceptors (Lipinski definition) is 5. The minimum Gasteiger partial charge on any atom is -0.462 e. The SMILES string of the molecule is CCCCC(=O)Nc1ccc(N2CCOCC2)c(C(=O)OCC)c1. The van der Waals surface area contributed by atoms with Crippen molar-refractivity contribution in [3.63, 3.8) is 0 Å². The third-order valence-corrected chi connectivity index (χ3v) is 3.88. The van der Waals surface area contributed by atoms with Crippen LogP contribution in [0, 0.1) is 0 Å². The Morgan fingerprint density at radius 2 is 2.00 bits per heavy atom. The van der Waals surface area contributed by atoms with Crippen LogP contribution in [-0.2, 0) is 14.3 Å². The van der Waals surface area contributed by atoms with Gasteiger partial charge in [-0.3, -0.25) is 4.79 Å². The van der Waals surface area contributed by atoms with Crippen molar-refractivity contribution in [2.24, 2.45) is 0 Å². The minimum atomic E-state index is -0.372. The van der Waals surface area contributed by atoms with Crippen molar-refractivity contribution in [3.05, 3.63) is 23.8 Å². The first-order chi connectivity index (χ1) is 11.7. The Bertz CT molecular complexity index is 568. The van der Waals surface area contributed by atoms with Gasteiger partial charge in [-0.15, -0.1) is 0 Å². The molecule has 1 N–H and O–H groups in total. The van der Waals surface area contributed by atoms with Crippen LogP contribution in [0.15, 0.2) is 18.2 Å². The molecule has 1 saturated heterocycles. The molecule has 1 amide bonds. The molecular formula is C18H26N2O4. The van der Waals surface area contributed by atoms with Crippen molar-refractivity contribution >= 4 is 23.3 Å². The molecular weight excluding hydrogens is 308 g/mol. The van der Waals surface area contributed by atoms with E-state index in [9.17, 15) is 9.59 Å². The van der Waals surface area contributed by atoms with Crippen molar-refractivity contribution in [2.45, 2.75) is 33.1 Å². The molecule has 1 aliphatic heterocycles. The molecule has 0 spiro atoms. The molecule has 1 aromatic rings. The summed E-state index contributed by atoms with van der Waals surface area (Å²) in [6, 6.07) is 5.40. The Hall–Kier alpha value is -2.08. The van der Waals surface area contributed by atoms with Crippen molar-refractivity contribution < 1.29 is 19.1 Å². The van der Waals surface area contributed by atoms with Crippen LogP contribution in [0.4, 0.5) is 11.4 Å². The van der Waals surface area contributed by atoms with Gasteiger partial charge in [-0.05, 0) is 31.5 Å². The number of hydrogen-bond donors (Lipinski definition) is 1. The van der Waals surface area contributed by atoms with E-state index in [1.807, 2.05) is 19.1 Å². The Balaban J connectivity index is 2.21. The molecule has 0 unspecified atom stereocenters. The van der Waals surface area contributed by atoms with E-state index in [1.165, 1.54) is 0 Å². The largest absolute Gasteiger partial charge is 0.462 e. The van der Waals surface area contributed by atoms with E-state index in [0.717, 1.165) is 31.6 Å². The van der Waals surface area contributed by atoms with Gasteiger partial charge in [0.25, 0.3) is 0 Å². The third-order valence-electron chi connectivity index (χ3n) is 3.88. The van der Waals surface area contributed by atoms with Gasteiger partial charge in [-0.25, -0.2) is 4.79 Å². The van der Waals surface area contributed by atoms with Crippen LogP contribution >= 0.6 is 0 Å². The van der Waals surface area contributed by atoms with Crippen molar-refractivity contribution in [3.8, 4) is 0 Å². The summed E-state index contributed by atoms with van der Waals surface area (Å²) in [5, 5.41) is 2.85. The second kappa shape index (κ2) is 9.27. The zero-order valence-corrected chi connectivity index (χ0v) is 14.5. The number of amides is 1. The van der Waals surface area contributed by atoms with Crippen LogP contribution < -0.4 is 10.2 Å². The highest BCUT2D eigenvalue weighted by Crippen LogP contribution is 2.26. The maximum absolute atomic E-state index is 12.3. The highest BCUT2D eigenvalue weighted by molar-refractivity contribution is 5.99. The fourth-order valence-electron chi connectivity index (χ4n) is 2.63. The number of carbonyl (C=O) groups is 2. The molecule has 6 heteroatoms. The van der Waals surface area contributed by atoms with Gasteiger partial charge < -0.3 is 19.7 Å². The number of ether oxygens (including phenoxy) is 2. The van der Waals surface area contributed by atoms with E-state index < -0.39 is 0 Å². The molecule has 1 aliphatic rings. The van der Waals surface area contributed by atoms with Crippen molar-refractivity contribution in [1.29, 1.82) is 0 Å². The lowest BCUT2D eigenvalue weighted by molar-refractivity contribution is -0.116. The summed E-state index contributed by atoms with van der Waals surface area (Å²) in [6.45, 7) is 6.87. The van der Waals surface area contributed by atoms with Crippen LogP contribution in [0.25, 0.3) is 0 Å². The first kappa shape index (κ1) is 18.3. The standard InChI is InChI=1S/C18H26N2O4/c1-3-5-6-17(21)19-14-7-8-16(20-9-11-23-12-10-20)15(13-14)18(22)24-4-2/h7-8,13H,3-6,9-12H2,1-2H3,(H,19,21). The van der Waals surface area contributed by atoms with E-state index in [1.54, 1.807) is 13.0 Å². The molecule has 0 aliphatic carbocycles. The monoisotopic (exact) mass is 334 g/mol. The Morgan fingerprint density at radius 1 is 1.25 bits per heavy atom. The highest BCUT2D eigenvalue weighted by atomic mass is 16.5. The lowest BCUT2D eigenvalue weighted by atomic mass is 10.1. The summed E-state index contributed by atoms with van der Waals surface area (Å²) >= 11 is 0. The van der Waals surface area contributed by atoms with Gasteiger partial charge in [0.15, 0.2) is 0 Å². The van der Waals surface area contributed by atoms with Crippen LogP contribution in [0.3, 0.4) is 0 Å². The fourth-order valence-corrected chi connectivity index (χ4v) is 2.63. The number of rotatable bonds is 7. The quantitative estimate of drug-likeness (QED) is 0.777. The predicted molar refractivity (Wildman–Crippen MR) is 93.6 cm³/mol. The lowest BCUT2D eigenvalue weighted by Crippen LogP contribution is -2.37. The molecule has 132 valence electrons. The first-order valence-electron chi connectivity index (χ1n) is 8.59. The summed E-state index contributed by atoms with van der Waals surface area (Å²) < 4.78 is 10.5. The molecule has 0 saturated carbocycles. The number of nitrogens with one attached hydrogen (secondary N) is 1. The van der Waals surface area contributed by atoms with Gasteiger partial charge >= 0.3 is 5.97 Å². The summed E-state index contributed by atoms with van der Waals surface area (Å²) in [6.07, 6.45) is 2.30. The lowest BCUT2D eigenvalue weighted by Gasteiger charge is -2.30. The fraction of sp³-hybridized carbons (Fsp3) is 0.556. The second-order valence-corrected chi connectivity index (χ2v) is 5.70. The van der Waals surface area contributed by atoms with E-state index in [4.69, 9.17) is 9.47 Å². The molecule has 1 aromatic carbocycles. The molecule has 2 rings (SSSR count). The highest BCUT2D eigenvalue weighted by Gasteiger charge is 2.20. The molecule has 0 atom stereocenters. The maximum atomic E-state index is 12.3. The number of nitrogens with zero attached hydrogens (tertiary/aromatic N) is 1. The summed E-state index contributed by atoms with van der Waals surface area (Å²) in [7, 11) is 0. The second-order valence-electron chi connectivity index (χ2n) is 5.70. The number of morpholine rings is 1. The molecule has 6 nitrogen and oxygen atoms in total. The number of esters is 1. The van der Waals surface area contributed by atoms with Crippen molar-refractivity contribution in [1.82, 2.24) is 0 Å². The number of benzene rings is 1. The predicted octanol–water partition coefficient (Wildman–Crippen LogP) is 2.83. The third kappa shape index (κ3) is 4.96.